The van der Waals surface area contributed by atoms with Crippen LogP contribution in [0.25, 0.3) is 33.6 Å². The van der Waals surface area contributed by atoms with Gasteiger partial charge in [-0.15, -0.1) is 0 Å². The molecule has 2 aromatic carbocycles. The Kier molecular flexibility index (Phi) is 10.8. The predicted molar refractivity (Wildman–Crippen MR) is 188 cm³/mol. The summed E-state index contributed by atoms with van der Waals surface area (Å²) in [7, 11) is 1.31. The van der Waals surface area contributed by atoms with E-state index in [1.54, 1.807) is 0 Å². The summed E-state index contributed by atoms with van der Waals surface area (Å²) in [4.78, 5) is 58.1. The lowest BCUT2D eigenvalue weighted by atomic mass is 10.0. The van der Waals surface area contributed by atoms with Crippen LogP contribution in [0.1, 0.15) is 89.3 Å². The van der Waals surface area contributed by atoms with Crippen LogP contribution >= 0.6 is 0 Å². The van der Waals surface area contributed by atoms with E-state index in [0.717, 1.165) is 96.8 Å². The molecule has 3 N–H and O–H groups in total. The SMILES string of the molecule is CCCCC(=O)N(CCC)Cc1ncc(-c2ccc(-c3ccc(-c4cnc([C@@H]5CCC6CCC[C@H](NC(=O)OC)C(=O)N65)[nH]4)cc3)cc2)[nH]1. The van der Waals surface area contributed by atoms with E-state index in [-0.39, 0.29) is 23.9 Å². The van der Waals surface area contributed by atoms with Gasteiger partial charge in [-0.2, -0.15) is 0 Å². The number of ether oxygens (including phenoxy) is 1. The van der Waals surface area contributed by atoms with Crippen LogP contribution in [-0.2, 0) is 20.9 Å². The third-order valence-electron chi connectivity index (χ3n) is 9.76. The number of H-pyrrole nitrogens is 2. The summed E-state index contributed by atoms with van der Waals surface area (Å²) >= 11 is 0. The number of amides is 3. The summed E-state index contributed by atoms with van der Waals surface area (Å²) in [5, 5.41) is 2.72. The fourth-order valence-electron chi connectivity index (χ4n) is 7.12. The Labute approximate surface area is 287 Å². The van der Waals surface area contributed by atoms with Crippen LogP contribution in [0.4, 0.5) is 4.79 Å². The fraction of sp³-hybridized carbons (Fsp3) is 0.447. The number of carbonyl (C=O) groups is 3. The number of aromatic amines is 2. The molecule has 258 valence electrons. The second-order valence-corrected chi connectivity index (χ2v) is 13.1. The monoisotopic (exact) mass is 665 g/mol. The standard InChI is InChI=1S/C38H47N7O4/c1-4-6-10-35(46)44(21-5-2)24-34-39-22-31(41-34)27-15-11-25(12-16-27)26-13-17-28(18-14-26)32-23-40-36(42-32)33-20-19-29-8-7-9-30(37(47)45(29)33)43-38(48)49-3/h11-18,22-23,29-30,33H,4-10,19-21,24H2,1-3H3,(H,39,41)(H,40,42)(H,43,48)/t29?,30-,33-/m0/s1. The topological polar surface area (TPSA) is 136 Å². The molecule has 0 saturated carbocycles. The first-order valence-corrected chi connectivity index (χ1v) is 17.6. The van der Waals surface area contributed by atoms with Crippen molar-refractivity contribution >= 4 is 17.9 Å². The lowest BCUT2D eigenvalue weighted by Crippen LogP contribution is -2.49. The number of alkyl carbamates (subject to hydrolysis) is 1. The van der Waals surface area contributed by atoms with E-state index in [0.29, 0.717) is 19.4 Å². The number of hydrogen-bond donors (Lipinski definition) is 3. The van der Waals surface area contributed by atoms with Crippen molar-refractivity contribution in [2.45, 2.75) is 96.3 Å². The van der Waals surface area contributed by atoms with Crippen LogP contribution in [0.3, 0.4) is 0 Å². The highest BCUT2D eigenvalue weighted by molar-refractivity contribution is 5.86. The van der Waals surface area contributed by atoms with Gasteiger partial charge in [-0.1, -0.05) is 68.8 Å². The minimum Gasteiger partial charge on any atom is -0.453 e. The van der Waals surface area contributed by atoms with Gasteiger partial charge in [-0.25, -0.2) is 14.8 Å². The minimum atomic E-state index is -0.584. The van der Waals surface area contributed by atoms with Gasteiger partial charge >= 0.3 is 6.09 Å². The second kappa shape index (κ2) is 15.5. The second-order valence-electron chi connectivity index (χ2n) is 13.1. The fourth-order valence-corrected chi connectivity index (χ4v) is 7.12. The Morgan fingerprint density at radius 3 is 2.18 bits per heavy atom. The number of nitrogens with zero attached hydrogens (tertiary/aromatic N) is 4. The molecule has 11 nitrogen and oxygen atoms in total. The van der Waals surface area contributed by atoms with Crippen LogP contribution in [0.5, 0.6) is 0 Å². The first kappa shape index (κ1) is 34.0. The molecule has 0 aliphatic carbocycles. The highest BCUT2D eigenvalue weighted by Gasteiger charge is 2.43. The lowest BCUT2D eigenvalue weighted by molar-refractivity contribution is -0.136. The smallest absolute Gasteiger partial charge is 0.407 e. The number of rotatable bonds is 12. The number of methoxy groups -OCH3 is 1. The minimum absolute atomic E-state index is 0.0652. The average Bonchev–Trinajstić information content (AvgIpc) is 3.88. The van der Waals surface area contributed by atoms with E-state index >= 15 is 0 Å². The van der Waals surface area contributed by atoms with Crippen LogP contribution < -0.4 is 5.32 Å². The van der Waals surface area contributed by atoms with E-state index in [1.165, 1.54) is 7.11 Å². The molecule has 6 rings (SSSR count). The van der Waals surface area contributed by atoms with E-state index in [2.05, 4.69) is 82.6 Å². The molecule has 49 heavy (non-hydrogen) atoms. The van der Waals surface area contributed by atoms with Crippen LogP contribution in [0.15, 0.2) is 60.9 Å². The Hall–Kier alpha value is -4.93. The summed E-state index contributed by atoms with van der Waals surface area (Å²) in [5.41, 5.74) is 6.06. The molecule has 0 bridgehead atoms. The number of nitrogens with one attached hydrogen (secondary N) is 3. The summed E-state index contributed by atoms with van der Waals surface area (Å²) in [6.07, 6.45) is 10.6. The van der Waals surface area contributed by atoms with Crippen LogP contribution in [0, 0.1) is 0 Å². The van der Waals surface area contributed by atoms with Crippen molar-refractivity contribution < 1.29 is 19.1 Å². The summed E-state index contributed by atoms with van der Waals surface area (Å²) in [6.45, 7) is 5.41. The Morgan fingerprint density at radius 2 is 1.53 bits per heavy atom. The largest absolute Gasteiger partial charge is 0.453 e. The molecule has 3 atom stereocenters. The molecule has 3 amide bonds. The zero-order chi connectivity index (χ0) is 34.3. The molecule has 4 heterocycles. The van der Waals surface area contributed by atoms with Gasteiger partial charge < -0.3 is 29.8 Å². The Morgan fingerprint density at radius 1 is 0.878 bits per heavy atom. The van der Waals surface area contributed by atoms with Gasteiger partial charge in [0.1, 0.15) is 17.7 Å². The molecule has 0 radical (unpaired) electrons. The zero-order valence-electron chi connectivity index (χ0n) is 28.7. The number of unbranched alkanes of at least 4 members (excludes halogenated alkanes) is 1. The van der Waals surface area contributed by atoms with Crippen molar-refractivity contribution in [1.82, 2.24) is 35.1 Å². The molecule has 2 aliphatic rings. The van der Waals surface area contributed by atoms with Crippen LogP contribution in [0.2, 0.25) is 0 Å². The average molecular weight is 666 g/mol. The van der Waals surface area contributed by atoms with Crippen molar-refractivity contribution in [2.75, 3.05) is 13.7 Å². The number of imidazole rings is 2. The maximum Gasteiger partial charge on any atom is 0.407 e. The normalized spacial score (nSPS) is 19.0. The van der Waals surface area contributed by atoms with Crippen molar-refractivity contribution in [1.29, 1.82) is 0 Å². The molecule has 4 aromatic rings. The number of fused-ring (bicyclic) bond motifs is 1. The van der Waals surface area contributed by atoms with Gasteiger partial charge in [0.05, 0.1) is 43.5 Å². The molecular weight excluding hydrogens is 618 g/mol. The molecular formula is C38H47N7O4. The highest BCUT2D eigenvalue weighted by atomic mass is 16.5. The maximum atomic E-state index is 13.5. The van der Waals surface area contributed by atoms with E-state index in [1.807, 2.05) is 22.2 Å². The van der Waals surface area contributed by atoms with E-state index in [9.17, 15) is 14.4 Å². The third kappa shape index (κ3) is 7.71. The number of benzene rings is 2. The highest BCUT2D eigenvalue weighted by Crippen LogP contribution is 2.40. The summed E-state index contributed by atoms with van der Waals surface area (Å²) in [5.74, 6) is 1.68. The molecule has 0 spiro atoms. The third-order valence-corrected chi connectivity index (χ3v) is 9.76. The van der Waals surface area contributed by atoms with E-state index in [4.69, 9.17) is 9.72 Å². The molecule has 2 aromatic heterocycles. The van der Waals surface area contributed by atoms with Gasteiger partial charge in [0.25, 0.3) is 0 Å². The summed E-state index contributed by atoms with van der Waals surface area (Å²) in [6, 6.07) is 16.2. The van der Waals surface area contributed by atoms with Crippen molar-refractivity contribution in [3.63, 3.8) is 0 Å². The quantitative estimate of drug-likeness (QED) is 0.149. The first-order valence-electron chi connectivity index (χ1n) is 17.6. The molecule has 2 aliphatic heterocycles. The molecule has 2 saturated heterocycles. The van der Waals surface area contributed by atoms with Crippen molar-refractivity contribution in [2.24, 2.45) is 0 Å². The lowest BCUT2D eigenvalue weighted by Gasteiger charge is -2.30. The molecule has 11 heteroatoms. The zero-order valence-corrected chi connectivity index (χ0v) is 28.7. The van der Waals surface area contributed by atoms with Gasteiger partial charge in [0, 0.05) is 19.0 Å². The number of hydrogen-bond acceptors (Lipinski definition) is 6. The van der Waals surface area contributed by atoms with Crippen LogP contribution in [-0.4, -0.2) is 73.4 Å². The van der Waals surface area contributed by atoms with Gasteiger partial charge in [0.15, 0.2) is 0 Å². The maximum absolute atomic E-state index is 13.5. The number of aromatic nitrogens is 4. The molecule has 1 unspecified atom stereocenters. The van der Waals surface area contributed by atoms with Gasteiger partial charge in [-0.05, 0) is 67.2 Å². The predicted octanol–water partition coefficient (Wildman–Crippen LogP) is 7.00. The Balaban J connectivity index is 1.10. The molecule has 2 fully saturated rings. The Bertz CT molecular complexity index is 1730. The van der Waals surface area contributed by atoms with Crippen molar-refractivity contribution in [3.8, 4) is 33.6 Å². The first-order chi connectivity index (χ1) is 23.9. The van der Waals surface area contributed by atoms with Gasteiger partial charge in [-0.3, -0.25) is 9.59 Å². The van der Waals surface area contributed by atoms with Gasteiger partial charge in [0.2, 0.25) is 11.8 Å². The van der Waals surface area contributed by atoms with Crippen molar-refractivity contribution in [3.05, 3.63) is 72.6 Å². The number of carbonyl (C=O) groups excluding carboxylic acids is 3. The summed E-state index contributed by atoms with van der Waals surface area (Å²) < 4.78 is 4.76. The van der Waals surface area contributed by atoms with E-state index < -0.39 is 12.1 Å².